The van der Waals surface area contributed by atoms with Crippen LogP contribution in [0.5, 0.6) is 0 Å². The van der Waals surface area contributed by atoms with Gasteiger partial charge in [-0.25, -0.2) is 0 Å². The Morgan fingerprint density at radius 1 is 1.04 bits per heavy atom. The number of benzene rings is 2. The molecule has 0 saturated heterocycles. The SMILES string of the molecule is Cl.NC1C2CCCC1CC(C(=O)NCc1cccc3ccccc13)C2. The molecule has 2 saturated carbocycles. The van der Waals surface area contributed by atoms with E-state index in [4.69, 9.17) is 5.73 Å². The molecule has 4 rings (SSSR count). The van der Waals surface area contributed by atoms with Crippen molar-refractivity contribution < 1.29 is 4.79 Å². The summed E-state index contributed by atoms with van der Waals surface area (Å²) < 4.78 is 0. The quantitative estimate of drug-likeness (QED) is 0.870. The van der Waals surface area contributed by atoms with Crippen molar-refractivity contribution in [1.29, 1.82) is 0 Å². The Bertz CT molecular complexity index is 728. The van der Waals surface area contributed by atoms with Crippen LogP contribution < -0.4 is 11.1 Å². The molecule has 2 aliphatic carbocycles. The van der Waals surface area contributed by atoms with Crippen LogP contribution in [0.2, 0.25) is 0 Å². The first-order chi connectivity index (χ1) is 11.7. The highest BCUT2D eigenvalue weighted by Crippen LogP contribution is 2.41. The van der Waals surface area contributed by atoms with Crippen molar-refractivity contribution in [3.63, 3.8) is 0 Å². The summed E-state index contributed by atoms with van der Waals surface area (Å²) in [5.41, 5.74) is 7.53. The van der Waals surface area contributed by atoms with E-state index in [1.165, 1.54) is 35.6 Å². The molecule has 0 aromatic heterocycles. The zero-order valence-electron chi connectivity index (χ0n) is 14.5. The van der Waals surface area contributed by atoms with Crippen molar-refractivity contribution in [3.05, 3.63) is 48.0 Å². The standard InChI is InChI=1S/C21H26N2O.ClH/c22-20-15-7-4-8-16(20)12-18(11-15)21(24)23-13-17-9-3-6-14-5-1-2-10-19(14)17;/h1-3,5-6,9-10,15-16,18,20H,4,7-8,11-13,22H2,(H,23,24);1H. The first kappa shape index (κ1) is 18.2. The first-order valence-electron chi connectivity index (χ1n) is 9.22. The lowest BCUT2D eigenvalue weighted by Gasteiger charge is -2.43. The molecule has 2 bridgehead atoms. The molecule has 2 atom stereocenters. The second-order valence-corrected chi connectivity index (χ2v) is 7.55. The molecule has 1 amide bonds. The number of amides is 1. The number of carbonyl (C=O) groups is 1. The zero-order chi connectivity index (χ0) is 16.5. The van der Waals surface area contributed by atoms with Gasteiger partial charge in [0.1, 0.15) is 0 Å². The van der Waals surface area contributed by atoms with Gasteiger partial charge < -0.3 is 11.1 Å². The molecular formula is C21H27ClN2O. The van der Waals surface area contributed by atoms with Crippen molar-refractivity contribution in [2.45, 2.75) is 44.7 Å². The molecule has 4 heteroatoms. The van der Waals surface area contributed by atoms with Gasteiger partial charge in [-0.05, 0) is 53.9 Å². The highest BCUT2D eigenvalue weighted by atomic mass is 35.5. The monoisotopic (exact) mass is 358 g/mol. The number of carbonyl (C=O) groups excluding carboxylic acids is 1. The summed E-state index contributed by atoms with van der Waals surface area (Å²) in [7, 11) is 0. The van der Waals surface area contributed by atoms with E-state index in [-0.39, 0.29) is 24.2 Å². The molecular weight excluding hydrogens is 332 g/mol. The minimum atomic E-state index is 0. The van der Waals surface area contributed by atoms with Crippen LogP contribution >= 0.6 is 12.4 Å². The molecule has 3 N–H and O–H groups in total. The van der Waals surface area contributed by atoms with E-state index in [1.807, 2.05) is 0 Å². The molecule has 3 nitrogen and oxygen atoms in total. The van der Waals surface area contributed by atoms with Crippen molar-refractivity contribution in [1.82, 2.24) is 5.32 Å². The van der Waals surface area contributed by atoms with Gasteiger partial charge in [-0.1, -0.05) is 48.9 Å². The summed E-state index contributed by atoms with van der Waals surface area (Å²) in [5.74, 6) is 1.46. The largest absolute Gasteiger partial charge is 0.352 e. The maximum atomic E-state index is 12.7. The highest BCUT2D eigenvalue weighted by molar-refractivity contribution is 5.86. The molecule has 2 aromatic rings. The molecule has 2 aromatic carbocycles. The Labute approximate surface area is 155 Å². The molecule has 25 heavy (non-hydrogen) atoms. The Hall–Kier alpha value is -1.58. The third-order valence-corrected chi connectivity index (χ3v) is 6.12. The van der Waals surface area contributed by atoms with Crippen LogP contribution in [0.15, 0.2) is 42.5 Å². The van der Waals surface area contributed by atoms with E-state index >= 15 is 0 Å². The molecule has 2 unspecified atom stereocenters. The number of rotatable bonds is 3. The van der Waals surface area contributed by atoms with E-state index in [0.717, 1.165) is 12.8 Å². The summed E-state index contributed by atoms with van der Waals surface area (Å²) in [6, 6.07) is 14.9. The van der Waals surface area contributed by atoms with Gasteiger partial charge in [0.25, 0.3) is 0 Å². The second kappa shape index (κ2) is 7.76. The van der Waals surface area contributed by atoms with E-state index in [2.05, 4.69) is 47.8 Å². The van der Waals surface area contributed by atoms with E-state index in [9.17, 15) is 4.79 Å². The van der Waals surface area contributed by atoms with Gasteiger partial charge in [-0.2, -0.15) is 0 Å². The van der Waals surface area contributed by atoms with Crippen molar-refractivity contribution in [2.24, 2.45) is 23.5 Å². The summed E-state index contributed by atoms with van der Waals surface area (Å²) in [4.78, 5) is 12.7. The Morgan fingerprint density at radius 2 is 1.72 bits per heavy atom. The second-order valence-electron chi connectivity index (χ2n) is 7.55. The lowest BCUT2D eigenvalue weighted by atomic mass is 9.65. The van der Waals surface area contributed by atoms with Crippen LogP contribution in [0.3, 0.4) is 0 Å². The third-order valence-electron chi connectivity index (χ3n) is 6.12. The van der Waals surface area contributed by atoms with Crippen molar-refractivity contribution in [3.8, 4) is 0 Å². The Kier molecular flexibility index (Phi) is 5.65. The molecule has 2 aliphatic rings. The lowest BCUT2D eigenvalue weighted by molar-refractivity contribution is -0.128. The van der Waals surface area contributed by atoms with Crippen LogP contribution in [-0.2, 0) is 11.3 Å². The smallest absolute Gasteiger partial charge is 0.223 e. The molecule has 2 fully saturated rings. The predicted molar refractivity (Wildman–Crippen MR) is 105 cm³/mol. The van der Waals surface area contributed by atoms with Crippen LogP contribution in [-0.4, -0.2) is 11.9 Å². The van der Waals surface area contributed by atoms with Gasteiger partial charge in [-0.3, -0.25) is 4.79 Å². The lowest BCUT2D eigenvalue weighted by Crippen LogP contribution is -2.49. The Morgan fingerprint density at radius 3 is 2.48 bits per heavy atom. The minimum Gasteiger partial charge on any atom is -0.352 e. The predicted octanol–water partition coefficient (Wildman–Crippen LogP) is 4.03. The Balaban J connectivity index is 0.00000182. The molecule has 0 aliphatic heterocycles. The van der Waals surface area contributed by atoms with E-state index in [0.29, 0.717) is 24.4 Å². The first-order valence-corrected chi connectivity index (χ1v) is 9.22. The third kappa shape index (κ3) is 3.68. The topological polar surface area (TPSA) is 55.1 Å². The average molecular weight is 359 g/mol. The van der Waals surface area contributed by atoms with Gasteiger partial charge >= 0.3 is 0 Å². The van der Waals surface area contributed by atoms with Crippen molar-refractivity contribution in [2.75, 3.05) is 0 Å². The number of hydrogen-bond acceptors (Lipinski definition) is 2. The number of fused-ring (bicyclic) bond motifs is 3. The molecule has 0 spiro atoms. The number of nitrogens with two attached hydrogens (primary N) is 1. The fraction of sp³-hybridized carbons (Fsp3) is 0.476. The highest BCUT2D eigenvalue weighted by Gasteiger charge is 2.40. The van der Waals surface area contributed by atoms with Gasteiger partial charge in [0.15, 0.2) is 0 Å². The maximum Gasteiger partial charge on any atom is 0.223 e. The summed E-state index contributed by atoms with van der Waals surface area (Å²) in [6.45, 7) is 0.609. The van der Waals surface area contributed by atoms with Gasteiger partial charge in [0.2, 0.25) is 5.91 Å². The number of nitrogens with one attached hydrogen (secondary N) is 1. The van der Waals surface area contributed by atoms with Crippen LogP contribution in [0.1, 0.15) is 37.7 Å². The van der Waals surface area contributed by atoms with Crippen LogP contribution in [0.25, 0.3) is 10.8 Å². The molecule has 0 radical (unpaired) electrons. The zero-order valence-corrected chi connectivity index (χ0v) is 15.3. The van der Waals surface area contributed by atoms with Crippen LogP contribution in [0.4, 0.5) is 0 Å². The number of halogens is 1. The van der Waals surface area contributed by atoms with Gasteiger partial charge in [-0.15, -0.1) is 12.4 Å². The summed E-state index contributed by atoms with van der Waals surface area (Å²) in [5, 5.41) is 5.63. The van der Waals surface area contributed by atoms with Gasteiger partial charge in [0, 0.05) is 18.5 Å². The fourth-order valence-electron chi connectivity index (χ4n) is 4.78. The maximum absolute atomic E-state index is 12.7. The fourth-order valence-corrected chi connectivity index (χ4v) is 4.78. The van der Waals surface area contributed by atoms with E-state index < -0.39 is 0 Å². The normalized spacial score (nSPS) is 28.2. The summed E-state index contributed by atoms with van der Waals surface area (Å²) in [6.07, 6.45) is 5.63. The van der Waals surface area contributed by atoms with Crippen LogP contribution in [0, 0.1) is 17.8 Å². The van der Waals surface area contributed by atoms with E-state index in [1.54, 1.807) is 0 Å². The average Bonchev–Trinajstić information content (AvgIpc) is 2.59. The molecule has 134 valence electrons. The van der Waals surface area contributed by atoms with Gasteiger partial charge in [0.05, 0.1) is 0 Å². The minimum absolute atomic E-state index is 0. The van der Waals surface area contributed by atoms with Crippen molar-refractivity contribution >= 4 is 29.1 Å². The summed E-state index contributed by atoms with van der Waals surface area (Å²) >= 11 is 0. The molecule has 0 heterocycles. The number of hydrogen-bond donors (Lipinski definition) is 2.